The zero-order valence-electron chi connectivity index (χ0n) is 9.88. The number of aromatic amines is 1. The Kier molecular flexibility index (Phi) is 4.43. The van der Waals surface area contributed by atoms with E-state index in [1.807, 2.05) is 6.92 Å². The molecule has 0 amide bonds. The van der Waals surface area contributed by atoms with Crippen LogP contribution in [0.25, 0.3) is 10.8 Å². The highest BCUT2D eigenvalue weighted by atomic mass is 35.5. The summed E-state index contributed by atoms with van der Waals surface area (Å²) in [6.45, 7) is 1.87. The molecule has 3 nitrogen and oxygen atoms in total. The molecule has 0 fully saturated rings. The molecule has 0 spiro atoms. The van der Waals surface area contributed by atoms with E-state index in [2.05, 4.69) is 10.3 Å². The van der Waals surface area contributed by atoms with Crippen molar-refractivity contribution in [3.63, 3.8) is 0 Å². The molecule has 2 rings (SSSR count). The molecule has 0 aliphatic rings. The van der Waals surface area contributed by atoms with Crippen LogP contribution in [-0.2, 0) is 0 Å². The molecule has 6 heteroatoms. The van der Waals surface area contributed by atoms with Crippen LogP contribution < -0.4 is 10.9 Å². The molecule has 98 valence electrons. The van der Waals surface area contributed by atoms with Gasteiger partial charge < -0.3 is 10.3 Å². The minimum absolute atomic E-state index is 0. The zero-order chi connectivity index (χ0) is 12.6. The highest BCUT2D eigenvalue weighted by Gasteiger charge is 2.13. The summed E-state index contributed by atoms with van der Waals surface area (Å²) in [5.74, 6) is -1.97. The Morgan fingerprint density at radius 3 is 2.33 bits per heavy atom. The normalized spacial score (nSPS) is 12.2. The summed E-state index contributed by atoms with van der Waals surface area (Å²) in [6, 6.07) is 1.91. The van der Waals surface area contributed by atoms with E-state index in [9.17, 15) is 13.6 Å². The number of benzene rings is 1. The lowest BCUT2D eigenvalue weighted by Gasteiger charge is -2.13. The van der Waals surface area contributed by atoms with Crippen LogP contribution in [0.1, 0.15) is 18.5 Å². The maximum absolute atomic E-state index is 13.2. The highest BCUT2D eigenvalue weighted by molar-refractivity contribution is 5.85. The molecule has 0 radical (unpaired) electrons. The molecular formula is C12H13ClF2N2O. The topological polar surface area (TPSA) is 44.9 Å². The van der Waals surface area contributed by atoms with E-state index >= 15 is 0 Å². The number of halogens is 3. The van der Waals surface area contributed by atoms with Gasteiger partial charge >= 0.3 is 0 Å². The first-order valence-corrected chi connectivity index (χ1v) is 5.22. The van der Waals surface area contributed by atoms with Crippen LogP contribution in [0.15, 0.2) is 23.1 Å². The van der Waals surface area contributed by atoms with Gasteiger partial charge in [0.25, 0.3) is 5.56 Å². The zero-order valence-corrected chi connectivity index (χ0v) is 10.7. The van der Waals surface area contributed by atoms with Crippen molar-refractivity contribution in [2.45, 2.75) is 13.0 Å². The molecule has 0 aliphatic carbocycles. The summed E-state index contributed by atoms with van der Waals surface area (Å²) >= 11 is 0. The molecule has 0 saturated carbocycles. The summed E-state index contributed by atoms with van der Waals surface area (Å²) in [6.07, 6.45) is 1.52. The Morgan fingerprint density at radius 1 is 1.22 bits per heavy atom. The average molecular weight is 275 g/mol. The second-order valence-corrected chi connectivity index (χ2v) is 3.90. The van der Waals surface area contributed by atoms with Crippen LogP contribution in [0, 0.1) is 11.6 Å². The molecule has 2 N–H and O–H groups in total. The number of nitrogens with one attached hydrogen (secondary N) is 2. The number of H-pyrrole nitrogens is 1. The fraction of sp³-hybridized carbons (Fsp3) is 0.250. The maximum atomic E-state index is 13.2. The van der Waals surface area contributed by atoms with Gasteiger partial charge in [-0.1, -0.05) is 0 Å². The first-order valence-electron chi connectivity index (χ1n) is 5.22. The molecule has 18 heavy (non-hydrogen) atoms. The van der Waals surface area contributed by atoms with E-state index in [0.29, 0.717) is 5.39 Å². The lowest BCUT2D eigenvalue weighted by Crippen LogP contribution is -2.16. The van der Waals surface area contributed by atoms with Crippen LogP contribution in [0.4, 0.5) is 8.78 Å². The molecule has 2 aromatic rings. The lowest BCUT2D eigenvalue weighted by molar-refractivity contribution is 0.510. The van der Waals surface area contributed by atoms with Gasteiger partial charge in [0.15, 0.2) is 11.6 Å². The minimum Gasteiger partial charge on any atom is -0.328 e. The van der Waals surface area contributed by atoms with Gasteiger partial charge in [-0.3, -0.25) is 4.79 Å². The first-order chi connectivity index (χ1) is 8.04. The van der Waals surface area contributed by atoms with E-state index in [4.69, 9.17) is 0 Å². The van der Waals surface area contributed by atoms with E-state index in [1.54, 1.807) is 7.05 Å². The molecular weight excluding hydrogens is 262 g/mol. The Balaban J connectivity index is 0.00000162. The van der Waals surface area contributed by atoms with Gasteiger partial charge in [-0.15, -0.1) is 12.4 Å². The fourth-order valence-electron chi connectivity index (χ4n) is 1.79. The van der Waals surface area contributed by atoms with Gasteiger partial charge in [-0.05, 0) is 37.1 Å². The highest BCUT2D eigenvalue weighted by Crippen LogP contribution is 2.23. The third-order valence-electron chi connectivity index (χ3n) is 2.87. The van der Waals surface area contributed by atoms with Crippen molar-refractivity contribution in [2.75, 3.05) is 7.05 Å². The standard InChI is InChI=1S/C12H12F2N2O.ClH/c1-6(15-2)9-5-16-12(17)8-4-11(14)10(13)3-7(8)9;/h3-6,15H,1-2H3,(H,16,17);1H. The summed E-state index contributed by atoms with van der Waals surface area (Å²) in [4.78, 5) is 14.1. The van der Waals surface area contributed by atoms with Gasteiger partial charge in [0, 0.05) is 12.2 Å². The summed E-state index contributed by atoms with van der Waals surface area (Å²) in [5.41, 5.74) is 0.298. The molecule has 0 aliphatic heterocycles. The first kappa shape index (κ1) is 14.6. The summed E-state index contributed by atoms with van der Waals surface area (Å²) in [7, 11) is 1.75. The Labute approximate surface area is 109 Å². The predicted octanol–water partition coefficient (Wildman–Crippen LogP) is 2.51. The Morgan fingerprint density at radius 2 is 1.78 bits per heavy atom. The molecule has 0 bridgehead atoms. The van der Waals surface area contributed by atoms with Crippen LogP contribution in [-0.4, -0.2) is 12.0 Å². The third-order valence-corrected chi connectivity index (χ3v) is 2.87. The molecule has 1 unspecified atom stereocenters. The number of fused-ring (bicyclic) bond motifs is 1. The van der Waals surface area contributed by atoms with E-state index in [-0.39, 0.29) is 23.8 Å². The van der Waals surface area contributed by atoms with Crippen molar-refractivity contribution in [2.24, 2.45) is 0 Å². The van der Waals surface area contributed by atoms with Crippen molar-refractivity contribution in [1.29, 1.82) is 0 Å². The van der Waals surface area contributed by atoms with Gasteiger partial charge in [-0.2, -0.15) is 0 Å². The number of rotatable bonds is 2. The summed E-state index contributed by atoms with van der Waals surface area (Å²) < 4.78 is 26.3. The van der Waals surface area contributed by atoms with Gasteiger partial charge in [0.2, 0.25) is 0 Å². The SMILES string of the molecule is CNC(C)c1c[nH]c(=O)c2cc(F)c(F)cc12.Cl. The van der Waals surface area contributed by atoms with Gasteiger partial charge in [0.1, 0.15) is 0 Å². The Hall–Kier alpha value is -1.46. The van der Waals surface area contributed by atoms with E-state index < -0.39 is 17.2 Å². The minimum atomic E-state index is -1.02. The number of pyridine rings is 1. The molecule has 1 aromatic heterocycles. The monoisotopic (exact) mass is 274 g/mol. The van der Waals surface area contributed by atoms with E-state index in [0.717, 1.165) is 17.7 Å². The maximum Gasteiger partial charge on any atom is 0.255 e. The van der Waals surface area contributed by atoms with Crippen molar-refractivity contribution in [1.82, 2.24) is 10.3 Å². The second-order valence-electron chi connectivity index (χ2n) is 3.90. The Bertz CT molecular complexity index is 627. The van der Waals surface area contributed by atoms with Gasteiger partial charge in [-0.25, -0.2) is 8.78 Å². The van der Waals surface area contributed by atoms with Gasteiger partial charge in [0.05, 0.1) is 5.39 Å². The molecule has 1 aromatic carbocycles. The fourth-order valence-corrected chi connectivity index (χ4v) is 1.79. The van der Waals surface area contributed by atoms with Crippen molar-refractivity contribution in [3.05, 3.63) is 45.9 Å². The smallest absolute Gasteiger partial charge is 0.255 e. The van der Waals surface area contributed by atoms with E-state index in [1.165, 1.54) is 6.20 Å². The lowest BCUT2D eigenvalue weighted by atomic mass is 10.0. The van der Waals surface area contributed by atoms with Crippen LogP contribution in [0.3, 0.4) is 0 Å². The van der Waals surface area contributed by atoms with Crippen LogP contribution >= 0.6 is 12.4 Å². The average Bonchev–Trinajstić information content (AvgIpc) is 2.31. The van der Waals surface area contributed by atoms with Crippen molar-refractivity contribution >= 4 is 23.2 Å². The number of hydrogen-bond donors (Lipinski definition) is 2. The quantitative estimate of drug-likeness (QED) is 0.884. The second kappa shape index (κ2) is 5.46. The van der Waals surface area contributed by atoms with Crippen LogP contribution in [0.5, 0.6) is 0 Å². The van der Waals surface area contributed by atoms with Crippen molar-refractivity contribution in [3.8, 4) is 0 Å². The number of aromatic nitrogens is 1. The third kappa shape index (κ3) is 2.37. The largest absolute Gasteiger partial charge is 0.328 e. The van der Waals surface area contributed by atoms with Crippen molar-refractivity contribution < 1.29 is 8.78 Å². The molecule has 1 atom stereocenters. The molecule has 1 heterocycles. The predicted molar refractivity (Wildman–Crippen MR) is 69.2 cm³/mol. The number of hydrogen-bond acceptors (Lipinski definition) is 2. The van der Waals surface area contributed by atoms with Crippen LogP contribution in [0.2, 0.25) is 0 Å². The summed E-state index contributed by atoms with van der Waals surface area (Å²) in [5, 5.41) is 3.57. The molecule has 0 saturated heterocycles.